The zero-order valence-corrected chi connectivity index (χ0v) is 11.2. The Bertz CT molecular complexity index is 555. The van der Waals surface area contributed by atoms with Crippen molar-refractivity contribution >= 4 is 23.0 Å². The topological polar surface area (TPSA) is 75.5 Å². The average molecular weight is 275 g/mol. The average Bonchev–Trinajstić information content (AvgIpc) is 2.79. The van der Waals surface area contributed by atoms with E-state index >= 15 is 0 Å². The lowest BCUT2D eigenvalue weighted by molar-refractivity contribution is -0.384. The van der Waals surface area contributed by atoms with E-state index in [1.165, 1.54) is 6.07 Å². The minimum Gasteiger partial charge on any atom is -0.377 e. The van der Waals surface area contributed by atoms with Crippen LogP contribution in [0.5, 0.6) is 0 Å². The van der Waals surface area contributed by atoms with Crippen LogP contribution in [0, 0.1) is 10.1 Å². The van der Waals surface area contributed by atoms with Gasteiger partial charge >= 0.3 is 0 Å². The lowest BCUT2D eigenvalue weighted by Crippen LogP contribution is -2.28. The predicted molar refractivity (Wildman–Crippen MR) is 75.9 cm³/mol. The molecule has 20 heavy (non-hydrogen) atoms. The molecule has 1 saturated heterocycles. The minimum atomic E-state index is -0.378. The fraction of sp³-hybridized carbons (Fsp3) is 0.500. The zero-order chi connectivity index (χ0) is 14.1. The number of rotatable bonds is 4. The Morgan fingerprint density at radius 1 is 1.30 bits per heavy atom. The molecule has 1 N–H and O–H groups in total. The summed E-state index contributed by atoms with van der Waals surface area (Å²) in [5.74, 6) is 0.0912. The highest BCUT2D eigenvalue weighted by atomic mass is 16.6. The van der Waals surface area contributed by atoms with Crippen LogP contribution >= 0.6 is 0 Å². The fourth-order valence-corrected chi connectivity index (χ4v) is 2.66. The number of nitro groups is 1. The summed E-state index contributed by atoms with van der Waals surface area (Å²) in [5, 5.41) is 14.3. The number of nitrogens with zero attached hydrogens (tertiary/aromatic N) is 2. The van der Waals surface area contributed by atoms with Gasteiger partial charge in [-0.25, -0.2) is 0 Å². The molecule has 1 aromatic carbocycles. The molecule has 6 nitrogen and oxygen atoms in total. The van der Waals surface area contributed by atoms with Crippen LogP contribution in [0.1, 0.15) is 32.1 Å². The molecule has 1 aromatic rings. The van der Waals surface area contributed by atoms with Crippen LogP contribution in [0.4, 0.5) is 17.1 Å². The Hall–Kier alpha value is -2.11. The summed E-state index contributed by atoms with van der Waals surface area (Å²) >= 11 is 0. The summed E-state index contributed by atoms with van der Waals surface area (Å²) < 4.78 is 0. The number of carbonyl (C=O) groups excluding carboxylic acids is 1. The van der Waals surface area contributed by atoms with E-state index in [0.717, 1.165) is 31.4 Å². The van der Waals surface area contributed by atoms with E-state index in [-0.39, 0.29) is 16.5 Å². The third-order valence-electron chi connectivity index (χ3n) is 4.03. The van der Waals surface area contributed by atoms with Gasteiger partial charge in [0.15, 0.2) is 0 Å². The van der Waals surface area contributed by atoms with Crippen LogP contribution in [0.15, 0.2) is 18.2 Å². The van der Waals surface area contributed by atoms with Gasteiger partial charge in [0.05, 0.1) is 4.92 Å². The lowest BCUT2D eigenvalue weighted by atomic mass is 9.93. The molecule has 1 amide bonds. The van der Waals surface area contributed by atoms with Gasteiger partial charge in [0.25, 0.3) is 5.69 Å². The van der Waals surface area contributed by atoms with Crippen LogP contribution in [0.2, 0.25) is 0 Å². The molecule has 0 spiro atoms. The lowest BCUT2D eigenvalue weighted by Gasteiger charge is -2.28. The second-order valence-corrected chi connectivity index (χ2v) is 5.38. The van der Waals surface area contributed by atoms with Crippen LogP contribution < -0.4 is 10.2 Å². The van der Waals surface area contributed by atoms with Gasteiger partial charge in [0.2, 0.25) is 5.91 Å². The van der Waals surface area contributed by atoms with Gasteiger partial charge in [0.1, 0.15) is 5.69 Å². The second-order valence-electron chi connectivity index (χ2n) is 5.38. The van der Waals surface area contributed by atoms with Crippen LogP contribution in [-0.2, 0) is 4.79 Å². The molecule has 1 saturated carbocycles. The van der Waals surface area contributed by atoms with E-state index in [1.807, 2.05) is 0 Å². The molecule has 0 atom stereocenters. The maximum atomic E-state index is 11.8. The SMILES string of the molecule is O=C1CCCN1c1ccc([N+](=O)[O-])c(NC2CCC2)c1. The van der Waals surface area contributed by atoms with Crippen LogP contribution in [0.3, 0.4) is 0 Å². The zero-order valence-electron chi connectivity index (χ0n) is 11.2. The van der Waals surface area contributed by atoms with E-state index in [4.69, 9.17) is 0 Å². The third kappa shape index (κ3) is 2.33. The minimum absolute atomic E-state index is 0.0762. The first-order valence-corrected chi connectivity index (χ1v) is 7.00. The number of amides is 1. The van der Waals surface area contributed by atoms with E-state index in [9.17, 15) is 14.9 Å². The Kier molecular flexibility index (Phi) is 3.30. The fourth-order valence-electron chi connectivity index (χ4n) is 2.66. The van der Waals surface area contributed by atoms with Crippen LogP contribution in [-0.4, -0.2) is 23.4 Å². The van der Waals surface area contributed by atoms with Crippen molar-refractivity contribution in [2.24, 2.45) is 0 Å². The van der Waals surface area contributed by atoms with E-state index in [1.54, 1.807) is 17.0 Å². The van der Waals surface area contributed by atoms with E-state index in [0.29, 0.717) is 24.7 Å². The normalized spacial score (nSPS) is 19.0. The molecule has 1 heterocycles. The largest absolute Gasteiger partial charge is 0.377 e. The number of carbonyl (C=O) groups is 1. The maximum Gasteiger partial charge on any atom is 0.292 e. The van der Waals surface area contributed by atoms with Crippen LogP contribution in [0.25, 0.3) is 0 Å². The van der Waals surface area contributed by atoms with Crippen molar-refractivity contribution in [3.05, 3.63) is 28.3 Å². The molecule has 106 valence electrons. The molecule has 0 radical (unpaired) electrons. The molecule has 2 fully saturated rings. The van der Waals surface area contributed by atoms with Crippen molar-refractivity contribution in [2.75, 3.05) is 16.8 Å². The quantitative estimate of drug-likeness (QED) is 0.677. The number of nitro benzene ring substituents is 1. The molecule has 1 aliphatic carbocycles. The molecule has 1 aliphatic heterocycles. The van der Waals surface area contributed by atoms with Crippen molar-refractivity contribution in [1.29, 1.82) is 0 Å². The maximum absolute atomic E-state index is 11.8. The highest BCUT2D eigenvalue weighted by molar-refractivity contribution is 5.96. The van der Waals surface area contributed by atoms with Crippen molar-refractivity contribution < 1.29 is 9.72 Å². The Morgan fingerprint density at radius 3 is 2.65 bits per heavy atom. The summed E-state index contributed by atoms with van der Waals surface area (Å²) in [6.45, 7) is 0.694. The first-order chi connectivity index (χ1) is 9.65. The highest BCUT2D eigenvalue weighted by Crippen LogP contribution is 2.34. The van der Waals surface area contributed by atoms with Crippen molar-refractivity contribution in [2.45, 2.75) is 38.1 Å². The number of benzene rings is 1. The molecule has 3 rings (SSSR count). The second kappa shape index (κ2) is 5.11. The third-order valence-corrected chi connectivity index (χ3v) is 4.03. The van der Waals surface area contributed by atoms with Gasteiger partial charge in [0, 0.05) is 30.8 Å². The molecular weight excluding hydrogens is 258 g/mol. The molecule has 6 heteroatoms. The first kappa shape index (κ1) is 12.9. The Balaban J connectivity index is 1.90. The summed E-state index contributed by atoms with van der Waals surface area (Å²) in [6, 6.07) is 5.20. The van der Waals surface area contributed by atoms with Gasteiger partial charge in [-0.15, -0.1) is 0 Å². The smallest absolute Gasteiger partial charge is 0.292 e. The van der Waals surface area contributed by atoms with Gasteiger partial charge in [-0.1, -0.05) is 0 Å². The van der Waals surface area contributed by atoms with Crippen molar-refractivity contribution in [1.82, 2.24) is 0 Å². The Morgan fingerprint density at radius 2 is 2.10 bits per heavy atom. The predicted octanol–water partition coefficient (Wildman–Crippen LogP) is 2.69. The number of anilines is 2. The number of hydrogen-bond donors (Lipinski definition) is 1. The summed E-state index contributed by atoms with van der Waals surface area (Å²) in [7, 11) is 0. The van der Waals surface area contributed by atoms with Gasteiger partial charge in [-0.3, -0.25) is 14.9 Å². The highest BCUT2D eigenvalue weighted by Gasteiger charge is 2.26. The molecule has 0 bridgehead atoms. The summed E-state index contributed by atoms with van der Waals surface area (Å²) in [6.07, 6.45) is 4.66. The molecule has 0 unspecified atom stereocenters. The summed E-state index contributed by atoms with van der Waals surface area (Å²) in [4.78, 5) is 24.2. The van der Waals surface area contributed by atoms with Gasteiger partial charge in [-0.2, -0.15) is 0 Å². The Labute approximate surface area is 116 Å². The van der Waals surface area contributed by atoms with Crippen molar-refractivity contribution in [3.8, 4) is 0 Å². The van der Waals surface area contributed by atoms with Gasteiger partial charge < -0.3 is 10.2 Å². The molecule has 0 aromatic heterocycles. The van der Waals surface area contributed by atoms with Gasteiger partial charge in [-0.05, 0) is 37.8 Å². The monoisotopic (exact) mass is 275 g/mol. The molecule has 2 aliphatic rings. The van der Waals surface area contributed by atoms with Crippen molar-refractivity contribution in [3.63, 3.8) is 0 Å². The number of nitrogens with one attached hydrogen (secondary N) is 1. The van der Waals surface area contributed by atoms with E-state index in [2.05, 4.69) is 5.32 Å². The summed E-state index contributed by atoms with van der Waals surface area (Å²) in [5.41, 5.74) is 1.35. The standard InChI is InChI=1S/C14H17N3O3/c18-14-5-2-8-16(14)11-6-7-13(17(19)20)12(9-11)15-10-3-1-4-10/h6-7,9-10,15H,1-5,8H2. The molecular formula is C14H17N3O3. The first-order valence-electron chi connectivity index (χ1n) is 7.00. The van der Waals surface area contributed by atoms with E-state index < -0.39 is 0 Å². The number of hydrogen-bond acceptors (Lipinski definition) is 4.